The van der Waals surface area contributed by atoms with Crippen molar-refractivity contribution in [2.24, 2.45) is 0 Å². The lowest BCUT2D eigenvalue weighted by molar-refractivity contribution is -0.137. The molecule has 0 aromatic carbocycles. The summed E-state index contributed by atoms with van der Waals surface area (Å²) in [5.74, 6) is -0.336. The molecule has 1 aliphatic rings. The fraction of sp³-hybridized carbons (Fsp3) is 0.267. The van der Waals surface area contributed by atoms with Gasteiger partial charge in [-0.2, -0.15) is 13.2 Å². The Morgan fingerprint density at radius 3 is 2.61 bits per heavy atom. The summed E-state index contributed by atoms with van der Waals surface area (Å²) in [6.07, 6.45) is -2.25. The van der Waals surface area contributed by atoms with E-state index in [0.29, 0.717) is 5.69 Å². The summed E-state index contributed by atoms with van der Waals surface area (Å²) in [7, 11) is 0. The van der Waals surface area contributed by atoms with Crippen molar-refractivity contribution in [1.82, 2.24) is 14.9 Å². The van der Waals surface area contributed by atoms with Crippen molar-refractivity contribution in [3.8, 4) is 5.88 Å². The van der Waals surface area contributed by atoms with Gasteiger partial charge in [0.2, 0.25) is 5.88 Å². The number of carbonyl (C=O) groups is 1. The van der Waals surface area contributed by atoms with Crippen molar-refractivity contribution in [1.29, 1.82) is 0 Å². The molecular weight excluding hydrogens is 311 g/mol. The number of ether oxygens (including phenoxy) is 1. The van der Waals surface area contributed by atoms with Gasteiger partial charge in [-0.05, 0) is 18.2 Å². The Morgan fingerprint density at radius 2 is 1.96 bits per heavy atom. The van der Waals surface area contributed by atoms with E-state index >= 15 is 0 Å². The van der Waals surface area contributed by atoms with E-state index in [9.17, 15) is 18.0 Å². The first-order chi connectivity index (χ1) is 10.9. The maximum absolute atomic E-state index is 12.6. The van der Waals surface area contributed by atoms with E-state index in [4.69, 9.17) is 4.74 Å². The second-order valence-corrected chi connectivity index (χ2v) is 5.05. The topological polar surface area (TPSA) is 55.3 Å². The Bertz CT molecular complexity index is 701. The van der Waals surface area contributed by atoms with Crippen LogP contribution in [-0.2, 0) is 6.18 Å². The van der Waals surface area contributed by atoms with Crippen LogP contribution in [0.3, 0.4) is 0 Å². The van der Waals surface area contributed by atoms with E-state index in [1.54, 1.807) is 18.2 Å². The van der Waals surface area contributed by atoms with E-state index in [2.05, 4.69) is 9.97 Å². The molecule has 2 aromatic rings. The molecule has 0 radical (unpaired) electrons. The minimum absolute atomic E-state index is 0.102. The van der Waals surface area contributed by atoms with Gasteiger partial charge in [0.15, 0.2) is 0 Å². The first kappa shape index (κ1) is 15.3. The fourth-order valence-corrected chi connectivity index (χ4v) is 2.15. The lowest BCUT2D eigenvalue weighted by atomic mass is 10.1. The number of rotatable bonds is 3. The summed E-state index contributed by atoms with van der Waals surface area (Å²) in [6, 6.07) is 6.75. The number of alkyl halides is 3. The standard InChI is InChI=1S/C15H12F3N3O2/c16-15(17,18)10-4-6-20-13(7-10)23-11-8-21(9-11)14(22)12-3-1-2-5-19-12/h1-7,11H,8-9H2. The fourth-order valence-electron chi connectivity index (χ4n) is 2.15. The minimum Gasteiger partial charge on any atom is -0.471 e. The predicted octanol–water partition coefficient (Wildman–Crippen LogP) is 2.40. The zero-order chi connectivity index (χ0) is 16.4. The number of hydrogen-bond donors (Lipinski definition) is 0. The van der Waals surface area contributed by atoms with Crippen molar-refractivity contribution in [2.75, 3.05) is 13.1 Å². The highest BCUT2D eigenvalue weighted by atomic mass is 19.4. The number of carbonyl (C=O) groups excluding carboxylic acids is 1. The van der Waals surface area contributed by atoms with E-state index in [1.807, 2.05) is 0 Å². The van der Waals surface area contributed by atoms with Crippen LogP contribution in [0.2, 0.25) is 0 Å². The van der Waals surface area contributed by atoms with Crippen molar-refractivity contribution in [3.63, 3.8) is 0 Å². The van der Waals surface area contributed by atoms with Gasteiger partial charge in [-0.25, -0.2) is 4.98 Å². The number of pyridine rings is 2. The minimum atomic E-state index is -4.44. The molecule has 1 aliphatic heterocycles. The van der Waals surface area contributed by atoms with Crippen LogP contribution >= 0.6 is 0 Å². The number of likely N-dealkylation sites (tertiary alicyclic amines) is 1. The Hall–Kier alpha value is -2.64. The Morgan fingerprint density at radius 1 is 1.17 bits per heavy atom. The Balaban J connectivity index is 1.58. The molecule has 0 bridgehead atoms. The van der Waals surface area contributed by atoms with Gasteiger partial charge in [-0.15, -0.1) is 0 Å². The van der Waals surface area contributed by atoms with Crippen LogP contribution in [0, 0.1) is 0 Å². The summed E-state index contributed by atoms with van der Waals surface area (Å²) in [4.78, 5) is 21.3. The Labute approximate surface area is 129 Å². The average Bonchev–Trinajstić information content (AvgIpc) is 2.50. The zero-order valence-corrected chi connectivity index (χ0v) is 11.8. The molecule has 120 valence electrons. The maximum atomic E-state index is 12.6. The third-order valence-corrected chi connectivity index (χ3v) is 3.37. The molecule has 2 aromatic heterocycles. The SMILES string of the molecule is O=C(c1ccccn1)N1CC(Oc2cc(C(F)(F)F)ccn2)C1. The van der Waals surface area contributed by atoms with Gasteiger partial charge in [0.1, 0.15) is 11.8 Å². The zero-order valence-electron chi connectivity index (χ0n) is 11.8. The van der Waals surface area contributed by atoms with Crippen molar-refractivity contribution >= 4 is 5.91 Å². The average molecular weight is 323 g/mol. The summed E-state index contributed by atoms with van der Waals surface area (Å²) >= 11 is 0. The molecule has 5 nitrogen and oxygen atoms in total. The molecule has 8 heteroatoms. The van der Waals surface area contributed by atoms with Gasteiger partial charge in [0.25, 0.3) is 5.91 Å². The maximum Gasteiger partial charge on any atom is 0.416 e. The highest BCUT2D eigenvalue weighted by Crippen LogP contribution is 2.31. The van der Waals surface area contributed by atoms with Crippen LogP contribution in [0.1, 0.15) is 16.1 Å². The van der Waals surface area contributed by atoms with Gasteiger partial charge < -0.3 is 9.64 Å². The molecule has 23 heavy (non-hydrogen) atoms. The molecular formula is C15H12F3N3O2. The number of halogens is 3. The molecule has 0 unspecified atom stereocenters. The van der Waals surface area contributed by atoms with Crippen LogP contribution in [-0.4, -0.2) is 40.0 Å². The summed E-state index contributed by atoms with van der Waals surface area (Å²) in [5, 5.41) is 0. The first-order valence-corrected chi connectivity index (χ1v) is 6.84. The van der Waals surface area contributed by atoms with Crippen LogP contribution in [0.5, 0.6) is 5.88 Å². The van der Waals surface area contributed by atoms with E-state index in [0.717, 1.165) is 18.3 Å². The molecule has 0 atom stereocenters. The monoisotopic (exact) mass is 323 g/mol. The second kappa shape index (κ2) is 5.86. The smallest absolute Gasteiger partial charge is 0.416 e. The molecule has 0 aliphatic carbocycles. The molecule has 1 saturated heterocycles. The quantitative estimate of drug-likeness (QED) is 0.870. The lowest BCUT2D eigenvalue weighted by Gasteiger charge is -2.38. The van der Waals surface area contributed by atoms with E-state index in [-0.39, 0.29) is 31.0 Å². The number of hydrogen-bond acceptors (Lipinski definition) is 4. The Kier molecular flexibility index (Phi) is 3.89. The molecule has 1 fully saturated rings. The second-order valence-electron chi connectivity index (χ2n) is 5.05. The largest absolute Gasteiger partial charge is 0.471 e. The summed E-state index contributed by atoms with van der Waals surface area (Å²) in [5.41, 5.74) is -0.494. The molecule has 3 rings (SSSR count). The van der Waals surface area contributed by atoms with Gasteiger partial charge >= 0.3 is 6.18 Å². The van der Waals surface area contributed by atoms with Gasteiger partial charge in [-0.1, -0.05) is 6.07 Å². The van der Waals surface area contributed by atoms with Crippen molar-refractivity contribution < 1.29 is 22.7 Å². The molecule has 0 N–H and O–H groups in total. The van der Waals surface area contributed by atoms with Crippen LogP contribution in [0.4, 0.5) is 13.2 Å². The molecule has 1 amide bonds. The van der Waals surface area contributed by atoms with E-state index in [1.165, 1.54) is 11.1 Å². The van der Waals surface area contributed by atoms with Gasteiger partial charge in [0.05, 0.1) is 18.7 Å². The number of nitrogens with zero attached hydrogens (tertiary/aromatic N) is 3. The molecule has 0 spiro atoms. The number of amides is 1. The summed E-state index contributed by atoms with van der Waals surface area (Å²) < 4.78 is 43.2. The van der Waals surface area contributed by atoms with Crippen LogP contribution in [0.15, 0.2) is 42.7 Å². The number of aromatic nitrogens is 2. The third kappa shape index (κ3) is 3.41. The molecule has 3 heterocycles. The highest BCUT2D eigenvalue weighted by Gasteiger charge is 2.35. The van der Waals surface area contributed by atoms with Crippen molar-refractivity contribution in [3.05, 3.63) is 54.0 Å². The van der Waals surface area contributed by atoms with Gasteiger partial charge in [-0.3, -0.25) is 9.78 Å². The third-order valence-electron chi connectivity index (χ3n) is 3.37. The van der Waals surface area contributed by atoms with Crippen LogP contribution < -0.4 is 4.74 Å². The van der Waals surface area contributed by atoms with Crippen molar-refractivity contribution in [2.45, 2.75) is 12.3 Å². The first-order valence-electron chi connectivity index (χ1n) is 6.84. The van der Waals surface area contributed by atoms with E-state index < -0.39 is 11.7 Å². The normalized spacial score (nSPS) is 15.2. The molecule has 0 saturated carbocycles. The summed E-state index contributed by atoms with van der Waals surface area (Å²) in [6.45, 7) is 0.570. The lowest BCUT2D eigenvalue weighted by Crippen LogP contribution is -2.56. The van der Waals surface area contributed by atoms with Gasteiger partial charge in [0, 0.05) is 18.5 Å². The predicted molar refractivity (Wildman–Crippen MR) is 73.8 cm³/mol. The van der Waals surface area contributed by atoms with Crippen LogP contribution in [0.25, 0.3) is 0 Å². The highest BCUT2D eigenvalue weighted by molar-refractivity contribution is 5.92.